The molecule has 1 amide bonds. The zero-order valence-corrected chi connectivity index (χ0v) is 14.4. The highest BCUT2D eigenvalue weighted by atomic mass is 16.2. The van der Waals surface area contributed by atoms with Gasteiger partial charge in [0, 0.05) is 24.3 Å². The molecule has 0 saturated carbocycles. The Kier molecular flexibility index (Phi) is 4.49. The number of hydrogen-bond donors (Lipinski definition) is 1. The molecule has 4 aromatic rings. The van der Waals surface area contributed by atoms with Gasteiger partial charge in [-0.25, -0.2) is 9.67 Å². The fourth-order valence-electron chi connectivity index (χ4n) is 2.94. The van der Waals surface area contributed by atoms with Crippen molar-refractivity contribution in [1.29, 1.82) is 0 Å². The van der Waals surface area contributed by atoms with Gasteiger partial charge in [-0.2, -0.15) is 5.10 Å². The summed E-state index contributed by atoms with van der Waals surface area (Å²) < 4.78 is 3.07. The van der Waals surface area contributed by atoms with E-state index >= 15 is 0 Å². The molecule has 27 heavy (non-hydrogen) atoms. The van der Waals surface area contributed by atoms with Crippen molar-refractivity contribution in [3.63, 3.8) is 0 Å². The molecule has 2 heterocycles. The molecule has 0 aliphatic carbocycles. The first kappa shape index (κ1) is 16.7. The number of amides is 1. The predicted molar refractivity (Wildman–Crippen MR) is 101 cm³/mol. The summed E-state index contributed by atoms with van der Waals surface area (Å²) in [6.45, 7) is 0.215. The van der Waals surface area contributed by atoms with Crippen LogP contribution in [0.3, 0.4) is 0 Å². The molecule has 0 spiro atoms. The van der Waals surface area contributed by atoms with E-state index in [-0.39, 0.29) is 18.0 Å². The number of benzene rings is 2. The van der Waals surface area contributed by atoms with E-state index in [1.54, 1.807) is 30.9 Å². The fraction of sp³-hybridized carbons (Fsp3) is 0.100. The summed E-state index contributed by atoms with van der Waals surface area (Å²) in [5, 5.41) is 8.25. The van der Waals surface area contributed by atoms with Crippen LogP contribution in [0.2, 0.25) is 0 Å². The number of hydrogen-bond acceptors (Lipinski definition) is 4. The molecule has 0 saturated heterocycles. The first-order valence-corrected chi connectivity index (χ1v) is 8.50. The number of carbonyl (C=O) groups excluding carboxylic acids is 1. The average Bonchev–Trinajstić information content (AvgIpc) is 3.24. The molecule has 0 atom stereocenters. The van der Waals surface area contributed by atoms with Crippen LogP contribution in [0.1, 0.15) is 5.56 Å². The van der Waals surface area contributed by atoms with Crippen molar-refractivity contribution >= 4 is 16.7 Å². The zero-order chi connectivity index (χ0) is 18.6. The van der Waals surface area contributed by atoms with E-state index in [1.807, 2.05) is 47.2 Å². The predicted octanol–water partition coefficient (Wildman–Crippen LogP) is 1.90. The summed E-state index contributed by atoms with van der Waals surface area (Å²) in [7, 11) is 0. The van der Waals surface area contributed by atoms with Gasteiger partial charge in [0.25, 0.3) is 5.56 Å². The molecule has 1 N–H and O–H groups in total. The molecule has 134 valence electrons. The Labute approximate surface area is 154 Å². The van der Waals surface area contributed by atoms with Crippen LogP contribution >= 0.6 is 0 Å². The average molecular weight is 359 g/mol. The second-order valence-corrected chi connectivity index (χ2v) is 6.07. The smallest absolute Gasteiger partial charge is 0.275 e. The number of fused-ring (bicyclic) bond motifs is 1. The van der Waals surface area contributed by atoms with E-state index in [0.717, 1.165) is 16.6 Å². The minimum Gasteiger partial charge on any atom is -0.350 e. The van der Waals surface area contributed by atoms with Crippen LogP contribution in [0.25, 0.3) is 16.5 Å². The van der Waals surface area contributed by atoms with Crippen LogP contribution in [0.4, 0.5) is 0 Å². The fourth-order valence-corrected chi connectivity index (χ4v) is 2.94. The summed E-state index contributed by atoms with van der Waals surface area (Å²) in [4.78, 5) is 28.9. The molecule has 0 bridgehead atoms. The standard InChI is InChI=1S/C20H17N5O2/c26-19(13-25-20(27)17-7-3-1-5-15(17)12-23-25)22-11-16-6-2-4-8-18(16)24-10-9-21-14-24/h1-10,12,14H,11,13H2,(H,22,26). The summed E-state index contributed by atoms with van der Waals surface area (Å²) >= 11 is 0. The first-order chi connectivity index (χ1) is 13.2. The number of carbonyl (C=O) groups is 1. The van der Waals surface area contributed by atoms with E-state index in [4.69, 9.17) is 0 Å². The van der Waals surface area contributed by atoms with E-state index < -0.39 is 0 Å². The Balaban J connectivity index is 1.49. The lowest BCUT2D eigenvalue weighted by atomic mass is 10.1. The number of para-hydroxylation sites is 1. The number of nitrogens with one attached hydrogen (secondary N) is 1. The normalized spacial score (nSPS) is 10.8. The van der Waals surface area contributed by atoms with Gasteiger partial charge in [0.1, 0.15) is 6.54 Å². The molecule has 4 rings (SSSR count). The maximum atomic E-state index is 12.5. The largest absolute Gasteiger partial charge is 0.350 e. The Morgan fingerprint density at radius 3 is 2.74 bits per heavy atom. The molecule has 7 heteroatoms. The van der Waals surface area contributed by atoms with Gasteiger partial charge < -0.3 is 9.88 Å². The van der Waals surface area contributed by atoms with Crippen molar-refractivity contribution in [2.45, 2.75) is 13.1 Å². The minimum absolute atomic E-state index is 0.128. The molecular weight excluding hydrogens is 342 g/mol. The van der Waals surface area contributed by atoms with Crippen LogP contribution in [0.15, 0.2) is 78.2 Å². The third-order valence-electron chi connectivity index (χ3n) is 4.31. The van der Waals surface area contributed by atoms with Gasteiger partial charge in [0.15, 0.2) is 0 Å². The monoisotopic (exact) mass is 359 g/mol. The second kappa shape index (κ2) is 7.25. The molecule has 0 aliphatic rings. The lowest BCUT2D eigenvalue weighted by molar-refractivity contribution is -0.122. The van der Waals surface area contributed by atoms with Gasteiger partial charge in [-0.1, -0.05) is 36.4 Å². The zero-order valence-electron chi connectivity index (χ0n) is 14.4. The van der Waals surface area contributed by atoms with E-state index in [2.05, 4.69) is 15.4 Å². The number of imidazole rings is 1. The van der Waals surface area contributed by atoms with E-state index in [9.17, 15) is 9.59 Å². The van der Waals surface area contributed by atoms with E-state index in [1.165, 1.54) is 4.68 Å². The number of aromatic nitrogens is 4. The SMILES string of the molecule is O=C(Cn1ncc2ccccc2c1=O)NCc1ccccc1-n1ccnc1. The van der Waals surface area contributed by atoms with Crippen LogP contribution in [-0.4, -0.2) is 25.2 Å². The lowest BCUT2D eigenvalue weighted by Crippen LogP contribution is -2.33. The first-order valence-electron chi connectivity index (χ1n) is 8.50. The van der Waals surface area contributed by atoms with Crippen molar-refractivity contribution in [3.8, 4) is 5.69 Å². The van der Waals surface area contributed by atoms with Crippen molar-refractivity contribution in [1.82, 2.24) is 24.6 Å². The van der Waals surface area contributed by atoms with Gasteiger partial charge in [-0.05, 0) is 17.7 Å². The van der Waals surface area contributed by atoms with Crippen LogP contribution in [-0.2, 0) is 17.9 Å². The van der Waals surface area contributed by atoms with Crippen molar-refractivity contribution < 1.29 is 4.79 Å². The second-order valence-electron chi connectivity index (χ2n) is 6.07. The Morgan fingerprint density at radius 2 is 1.89 bits per heavy atom. The van der Waals surface area contributed by atoms with Crippen LogP contribution < -0.4 is 10.9 Å². The number of rotatable bonds is 5. The van der Waals surface area contributed by atoms with E-state index in [0.29, 0.717) is 11.9 Å². The van der Waals surface area contributed by atoms with Gasteiger partial charge >= 0.3 is 0 Å². The van der Waals surface area contributed by atoms with Crippen molar-refractivity contribution in [3.05, 3.63) is 89.4 Å². The summed E-state index contributed by atoms with van der Waals surface area (Å²) in [6, 6.07) is 14.9. The Bertz CT molecular complexity index is 1150. The molecule has 0 radical (unpaired) electrons. The maximum Gasteiger partial charge on any atom is 0.275 e. The third kappa shape index (κ3) is 3.48. The summed E-state index contributed by atoms with van der Waals surface area (Å²) in [5.74, 6) is -0.277. The highest BCUT2D eigenvalue weighted by molar-refractivity contribution is 5.81. The molecule has 0 unspecified atom stereocenters. The van der Waals surface area contributed by atoms with Crippen molar-refractivity contribution in [2.24, 2.45) is 0 Å². The summed E-state index contributed by atoms with van der Waals surface area (Å²) in [5.41, 5.74) is 1.61. The molecule has 0 aliphatic heterocycles. The van der Waals surface area contributed by atoms with Crippen molar-refractivity contribution in [2.75, 3.05) is 0 Å². The molecule has 2 aromatic heterocycles. The summed E-state index contributed by atoms with van der Waals surface area (Å²) in [6.07, 6.45) is 6.85. The minimum atomic E-state index is -0.277. The molecular formula is C20H17N5O2. The van der Waals surface area contributed by atoms with Gasteiger partial charge in [0.2, 0.25) is 5.91 Å². The van der Waals surface area contributed by atoms with Crippen LogP contribution in [0, 0.1) is 0 Å². The highest BCUT2D eigenvalue weighted by Gasteiger charge is 2.10. The topological polar surface area (TPSA) is 81.8 Å². The highest BCUT2D eigenvalue weighted by Crippen LogP contribution is 2.13. The van der Waals surface area contributed by atoms with Gasteiger partial charge in [0.05, 0.1) is 23.6 Å². The third-order valence-corrected chi connectivity index (χ3v) is 4.31. The Hall–Kier alpha value is -3.74. The van der Waals surface area contributed by atoms with Crippen LogP contribution in [0.5, 0.6) is 0 Å². The molecule has 2 aromatic carbocycles. The Morgan fingerprint density at radius 1 is 1.07 bits per heavy atom. The quantitative estimate of drug-likeness (QED) is 0.590. The molecule has 0 fully saturated rings. The van der Waals surface area contributed by atoms with Gasteiger partial charge in [-0.3, -0.25) is 9.59 Å². The maximum absolute atomic E-state index is 12.5. The lowest BCUT2D eigenvalue weighted by Gasteiger charge is -2.11. The molecule has 7 nitrogen and oxygen atoms in total. The van der Waals surface area contributed by atoms with Gasteiger partial charge in [-0.15, -0.1) is 0 Å². The number of nitrogens with zero attached hydrogens (tertiary/aromatic N) is 4.